The number of hydrogen-bond donors (Lipinski definition) is 1. The third-order valence-corrected chi connectivity index (χ3v) is 5.35. The van der Waals surface area contributed by atoms with Crippen molar-refractivity contribution in [3.63, 3.8) is 0 Å². The number of benzene rings is 2. The Labute approximate surface area is 171 Å². The number of pyridine rings is 1. The minimum absolute atomic E-state index is 0.139. The summed E-state index contributed by atoms with van der Waals surface area (Å²) in [5.41, 5.74) is 3.77. The topological polar surface area (TPSA) is 54.6 Å². The molecular weight excluding hydrogens is 423 g/mol. The first kappa shape index (κ1) is 20.0. The molecule has 2 aromatic carbocycles. The molecule has 1 aromatic heterocycles. The standard InChI is InChI=1S/C22H20BrFN2O2/c1-14-11-18(24)8-9-19(14)20(15-3-6-17(23)7-4-15)12-21(25-28)16-5-10-22(27)26(2)13-16/h3-11,13,20,28H,12H2,1-2H3. The second-order valence-electron chi connectivity index (χ2n) is 6.72. The lowest BCUT2D eigenvalue weighted by atomic mass is 9.83. The van der Waals surface area contributed by atoms with Crippen molar-refractivity contribution >= 4 is 21.6 Å². The van der Waals surface area contributed by atoms with Crippen LogP contribution in [-0.2, 0) is 7.05 Å². The number of oxime groups is 1. The van der Waals surface area contributed by atoms with E-state index in [4.69, 9.17) is 0 Å². The van der Waals surface area contributed by atoms with Crippen molar-refractivity contribution in [2.45, 2.75) is 19.3 Å². The molecule has 1 N–H and O–H groups in total. The van der Waals surface area contributed by atoms with Crippen LogP contribution >= 0.6 is 15.9 Å². The van der Waals surface area contributed by atoms with Gasteiger partial charge in [0.25, 0.3) is 0 Å². The van der Waals surface area contributed by atoms with Gasteiger partial charge in [-0.3, -0.25) is 4.79 Å². The highest BCUT2D eigenvalue weighted by molar-refractivity contribution is 9.10. The van der Waals surface area contributed by atoms with Crippen molar-refractivity contribution in [3.05, 3.63) is 104 Å². The van der Waals surface area contributed by atoms with Gasteiger partial charge in [0.1, 0.15) is 5.82 Å². The third-order valence-electron chi connectivity index (χ3n) is 4.82. The summed E-state index contributed by atoms with van der Waals surface area (Å²) in [7, 11) is 1.65. The molecule has 0 radical (unpaired) electrons. The Morgan fingerprint density at radius 3 is 2.50 bits per heavy atom. The Morgan fingerprint density at radius 2 is 1.89 bits per heavy atom. The summed E-state index contributed by atoms with van der Waals surface area (Å²) in [6, 6.07) is 15.7. The molecule has 28 heavy (non-hydrogen) atoms. The normalized spacial score (nSPS) is 12.8. The smallest absolute Gasteiger partial charge is 0.250 e. The first-order valence-corrected chi connectivity index (χ1v) is 9.58. The van der Waals surface area contributed by atoms with Crippen LogP contribution in [0, 0.1) is 12.7 Å². The summed E-state index contributed by atoms with van der Waals surface area (Å²) >= 11 is 3.45. The molecule has 0 bridgehead atoms. The minimum atomic E-state index is -0.287. The molecule has 4 nitrogen and oxygen atoms in total. The summed E-state index contributed by atoms with van der Waals surface area (Å²) in [5, 5.41) is 13.2. The average molecular weight is 443 g/mol. The van der Waals surface area contributed by atoms with E-state index in [1.807, 2.05) is 31.2 Å². The summed E-state index contributed by atoms with van der Waals surface area (Å²) in [6.07, 6.45) is 2.04. The van der Waals surface area contributed by atoms with Gasteiger partial charge in [0, 0.05) is 41.7 Å². The third kappa shape index (κ3) is 4.39. The maximum Gasteiger partial charge on any atom is 0.250 e. The molecule has 0 fully saturated rings. The van der Waals surface area contributed by atoms with E-state index in [2.05, 4.69) is 21.1 Å². The van der Waals surface area contributed by atoms with Gasteiger partial charge in [0.2, 0.25) is 5.56 Å². The lowest BCUT2D eigenvalue weighted by Crippen LogP contribution is -2.18. The van der Waals surface area contributed by atoms with Crippen molar-refractivity contribution in [3.8, 4) is 0 Å². The Hall–Kier alpha value is -2.73. The molecule has 0 saturated carbocycles. The SMILES string of the molecule is Cc1cc(F)ccc1C(CC(=NO)c1ccc(=O)n(C)c1)c1ccc(Br)cc1. The van der Waals surface area contributed by atoms with Crippen LogP contribution < -0.4 is 5.56 Å². The van der Waals surface area contributed by atoms with E-state index in [0.29, 0.717) is 17.7 Å². The van der Waals surface area contributed by atoms with Crippen molar-refractivity contribution < 1.29 is 9.60 Å². The molecule has 144 valence electrons. The Morgan fingerprint density at radius 1 is 1.18 bits per heavy atom. The molecule has 0 aliphatic carbocycles. The van der Waals surface area contributed by atoms with Gasteiger partial charge < -0.3 is 9.77 Å². The predicted octanol–water partition coefficient (Wildman–Crippen LogP) is 5.00. The summed E-state index contributed by atoms with van der Waals surface area (Å²) in [6.45, 7) is 1.87. The van der Waals surface area contributed by atoms with E-state index in [1.54, 1.807) is 25.4 Å². The molecule has 1 atom stereocenters. The molecule has 0 aliphatic heterocycles. The number of aryl methyl sites for hydroxylation is 2. The number of aromatic nitrogens is 1. The number of halogens is 2. The molecule has 0 spiro atoms. The molecule has 3 rings (SSSR count). The van der Waals surface area contributed by atoms with E-state index < -0.39 is 0 Å². The predicted molar refractivity (Wildman–Crippen MR) is 112 cm³/mol. The van der Waals surface area contributed by atoms with Crippen LogP contribution in [0.25, 0.3) is 0 Å². The minimum Gasteiger partial charge on any atom is -0.411 e. The average Bonchev–Trinajstić information content (AvgIpc) is 2.67. The molecule has 1 unspecified atom stereocenters. The second-order valence-corrected chi connectivity index (χ2v) is 7.64. The highest BCUT2D eigenvalue weighted by Gasteiger charge is 2.21. The Kier molecular flexibility index (Phi) is 6.09. The van der Waals surface area contributed by atoms with E-state index in [-0.39, 0.29) is 17.3 Å². The van der Waals surface area contributed by atoms with Crippen LogP contribution in [0.2, 0.25) is 0 Å². The van der Waals surface area contributed by atoms with Gasteiger partial charge >= 0.3 is 0 Å². The monoisotopic (exact) mass is 442 g/mol. The van der Waals surface area contributed by atoms with Crippen LogP contribution in [0.4, 0.5) is 4.39 Å². The van der Waals surface area contributed by atoms with Gasteiger partial charge in [-0.25, -0.2) is 4.39 Å². The zero-order valence-corrected chi connectivity index (χ0v) is 17.1. The maximum absolute atomic E-state index is 13.6. The van der Waals surface area contributed by atoms with Crippen LogP contribution in [0.3, 0.4) is 0 Å². The maximum atomic E-state index is 13.6. The number of hydrogen-bond acceptors (Lipinski definition) is 3. The second kappa shape index (κ2) is 8.52. The first-order valence-electron chi connectivity index (χ1n) is 8.78. The van der Waals surface area contributed by atoms with E-state index in [0.717, 1.165) is 21.2 Å². The lowest BCUT2D eigenvalue weighted by Gasteiger charge is -2.21. The van der Waals surface area contributed by atoms with Gasteiger partial charge in [-0.1, -0.05) is 39.3 Å². The Bertz CT molecular complexity index is 1070. The van der Waals surface area contributed by atoms with Gasteiger partial charge in [0.05, 0.1) is 5.71 Å². The zero-order chi connectivity index (χ0) is 20.3. The number of rotatable bonds is 5. The molecule has 0 amide bonds. The molecule has 6 heteroatoms. The lowest BCUT2D eigenvalue weighted by molar-refractivity contribution is 0.317. The summed E-state index contributed by atoms with van der Waals surface area (Å²) < 4.78 is 16.0. The van der Waals surface area contributed by atoms with Gasteiger partial charge in [0.15, 0.2) is 0 Å². The van der Waals surface area contributed by atoms with Crippen molar-refractivity contribution in [2.75, 3.05) is 0 Å². The summed E-state index contributed by atoms with van der Waals surface area (Å²) in [4.78, 5) is 11.7. The fraction of sp³-hybridized carbons (Fsp3) is 0.182. The van der Waals surface area contributed by atoms with Crippen molar-refractivity contribution in [2.24, 2.45) is 12.2 Å². The van der Waals surface area contributed by atoms with E-state index in [1.165, 1.54) is 22.8 Å². The van der Waals surface area contributed by atoms with E-state index in [9.17, 15) is 14.4 Å². The van der Waals surface area contributed by atoms with Crippen LogP contribution in [-0.4, -0.2) is 15.5 Å². The summed E-state index contributed by atoms with van der Waals surface area (Å²) in [5.74, 6) is -0.429. The first-order chi connectivity index (χ1) is 13.4. The molecule has 1 heterocycles. The fourth-order valence-electron chi connectivity index (χ4n) is 3.31. The van der Waals surface area contributed by atoms with Crippen molar-refractivity contribution in [1.82, 2.24) is 4.57 Å². The zero-order valence-electron chi connectivity index (χ0n) is 15.6. The van der Waals surface area contributed by atoms with Crippen LogP contribution in [0.15, 0.2) is 75.2 Å². The fourth-order valence-corrected chi connectivity index (χ4v) is 3.57. The highest BCUT2D eigenvalue weighted by Crippen LogP contribution is 2.33. The van der Waals surface area contributed by atoms with Crippen molar-refractivity contribution in [1.29, 1.82) is 0 Å². The quantitative estimate of drug-likeness (QED) is 0.343. The van der Waals surface area contributed by atoms with Crippen LogP contribution in [0.1, 0.15) is 34.6 Å². The van der Waals surface area contributed by atoms with Gasteiger partial charge in [-0.05, 0) is 53.9 Å². The molecule has 0 aliphatic rings. The highest BCUT2D eigenvalue weighted by atomic mass is 79.9. The van der Waals surface area contributed by atoms with Gasteiger partial charge in [-0.15, -0.1) is 0 Å². The number of nitrogens with zero attached hydrogens (tertiary/aromatic N) is 2. The Balaban J connectivity index is 2.06. The van der Waals surface area contributed by atoms with Crippen LogP contribution in [0.5, 0.6) is 0 Å². The molecular formula is C22H20BrFN2O2. The van der Waals surface area contributed by atoms with E-state index >= 15 is 0 Å². The molecule has 0 saturated heterocycles. The largest absolute Gasteiger partial charge is 0.411 e. The van der Waals surface area contributed by atoms with Gasteiger partial charge in [-0.2, -0.15) is 0 Å². The molecule has 3 aromatic rings.